The summed E-state index contributed by atoms with van der Waals surface area (Å²) in [5.74, 6) is 0. The van der Waals surface area contributed by atoms with Gasteiger partial charge in [0.25, 0.3) is 0 Å². The zero-order valence-electron chi connectivity index (χ0n) is 12.2. The summed E-state index contributed by atoms with van der Waals surface area (Å²) in [5, 5.41) is 5.62. The van der Waals surface area contributed by atoms with E-state index in [1.807, 2.05) is 48.9 Å². The van der Waals surface area contributed by atoms with Crippen molar-refractivity contribution in [2.45, 2.75) is 6.92 Å². The third-order valence-electron chi connectivity index (χ3n) is 3.94. The molecule has 0 bridgehead atoms. The van der Waals surface area contributed by atoms with Crippen LogP contribution in [-0.4, -0.2) is 24.3 Å². The summed E-state index contributed by atoms with van der Waals surface area (Å²) in [5.41, 5.74) is 6.20. The average molecular weight is 277 g/mol. The van der Waals surface area contributed by atoms with Gasteiger partial charge >= 0.3 is 0 Å². The second kappa shape index (κ2) is 4.15. The van der Waals surface area contributed by atoms with Gasteiger partial charge in [-0.05, 0) is 25.1 Å². The Bertz CT molecular complexity index is 977. The van der Waals surface area contributed by atoms with E-state index in [1.54, 1.807) is 0 Å². The fourth-order valence-corrected chi connectivity index (χ4v) is 2.78. The Morgan fingerprint density at radius 1 is 1.00 bits per heavy atom. The van der Waals surface area contributed by atoms with Gasteiger partial charge in [-0.1, -0.05) is 6.07 Å². The maximum Gasteiger partial charge on any atom is 0.0956 e. The van der Waals surface area contributed by atoms with Crippen LogP contribution in [-0.2, 0) is 14.1 Å². The first-order chi connectivity index (χ1) is 10.1. The van der Waals surface area contributed by atoms with Crippen molar-refractivity contribution in [2.24, 2.45) is 14.1 Å². The van der Waals surface area contributed by atoms with E-state index in [0.29, 0.717) is 0 Å². The first-order valence-electron chi connectivity index (χ1n) is 6.84. The molecule has 3 heterocycles. The number of aryl methyl sites for hydroxylation is 3. The minimum atomic E-state index is 0.936. The van der Waals surface area contributed by atoms with Gasteiger partial charge in [0.2, 0.25) is 0 Å². The molecule has 0 amide bonds. The SMILES string of the molecule is Cc1nn(C)c2ccc(-c3cc4ncn(C)c4cn3)cc12. The number of hydrogen-bond donors (Lipinski definition) is 0. The highest BCUT2D eigenvalue weighted by Gasteiger charge is 2.09. The topological polar surface area (TPSA) is 48.5 Å². The lowest BCUT2D eigenvalue weighted by molar-refractivity contribution is 0.783. The fourth-order valence-electron chi connectivity index (χ4n) is 2.78. The summed E-state index contributed by atoms with van der Waals surface area (Å²) in [6.45, 7) is 2.03. The normalized spacial score (nSPS) is 11.6. The van der Waals surface area contributed by atoms with Crippen LogP contribution in [0.3, 0.4) is 0 Å². The molecule has 0 aliphatic carbocycles. The number of benzene rings is 1. The number of aromatic nitrogens is 5. The molecule has 0 fully saturated rings. The van der Waals surface area contributed by atoms with Gasteiger partial charge in [-0.25, -0.2) is 4.98 Å². The second-order valence-corrected chi connectivity index (χ2v) is 5.35. The quantitative estimate of drug-likeness (QED) is 0.537. The van der Waals surface area contributed by atoms with E-state index in [0.717, 1.165) is 38.9 Å². The van der Waals surface area contributed by atoms with Crippen LogP contribution in [0.1, 0.15) is 5.69 Å². The molecular formula is C16H15N5. The van der Waals surface area contributed by atoms with Crippen LogP contribution in [0.2, 0.25) is 0 Å². The molecule has 21 heavy (non-hydrogen) atoms. The second-order valence-electron chi connectivity index (χ2n) is 5.35. The molecule has 0 saturated heterocycles. The summed E-state index contributed by atoms with van der Waals surface area (Å²) in [6.07, 6.45) is 3.68. The van der Waals surface area contributed by atoms with Crippen LogP contribution in [0.4, 0.5) is 0 Å². The van der Waals surface area contributed by atoms with Crippen molar-refractivity contribution in [3.8, 4) is 11.3 Å². The van der Waals surface area contributed by atoms with Crippen molar-refractivity contribution in [3.05, 3.63) is 42.5 Å². The molecule has 4 aromatic rings. The molecule has 1 aromatic carbocycles. The van der Waals surface area contributed by atoms with E-state index in [9.17, 15) is 0 Å². The standard InChI is InChI=1S/C16H15N5/c1-10-12-6-11(4-5-15(12)21(3)19-10)13-7-14-16(8-17-13)20(2)9-18-14/h4-9H,1-3H3. The summed E-state index contributed by atoms with van der Waals surface area (Å²) in [7, 11) is 3.94. The number of rotatable bonds is 1. The van der Waals surface area contributed by atoms with E-state index in [-0.39, 0.29) is 0 Å². The van der Waals surface area contributed by atoms with Gasteiger partial charge in [0.15, 0.2) is 0 Å². The Kier molecular flexibility index (Phi) is 2.39. The lowest BCUT2D eigenvalue weighted by Crippen LogP contribution is -1.89. The van der Waals surface area contributed by atoms with Crippen molar-refractivity contribution in [1.82, 2.24) is 24.3 Å². The zero-order valence-corrected chi connectivity index (χ0v) is 12.2. The predicted octanol–water partition coefficient (Wildman–Crippen LogP) is 2.83. The van der Waals surface area contributed by atoms with Gasteiger partial charge in [0.05, 0.1) is 40.5 Å². The van der Waals surface area contributed by atoms with E-state index in [4.69, 9.17) is 0 Å². The van der Waals surface area contributed by atoms with E-state index in [1.165, 1.54) is 0 Å². The van der Waals surface area contributed by atoms with Crippen LogP contribution in [0.15, 0.2) is 36.8 Å². The Balaban J connectivity index is 1.92. The van der Waals surface area contributed by atoms with Gasteiger partial charge in [0, 0.05) is 25.0 Å². The van der Waals surface area contributed by atoms with Crippen molar-refractivity contribution in [2.75, 3.05) is 0 Å². The molecule has 0 radical (unpaired) electrons. The maximum atomic E-state index is 4.57. The summed E-state index contributed by atoms with van der Waals surface area (Å²) >= 11 is 0. The summed E-state index contributed by atoms with van der Waals surface area (Å²) in [4.78, 5) is 8.96. The molecule has 0 aliphatic heterocycles. The Morgan fingerprint density at radius 3 is 2.71 bits per heavy atom. The number of imidazole rings is 1. The lowest BCUT2D eigenvalue weighted by Gasteiger charge is -2.02. The predicted molar refractivity (Wildman–Crippen MR) is 83.0 cm³/mol. The third kappa shape index (κ3) is 1.74. The highest BCUT2D eigenvalue weighted by atomic mass is 15.3. The van der Waals surface area contributed by atoms with E-state index in [2.05, 4.69) is 33.3 Å². The molecule has 5 heteroatoms. The Hall–Kier alpha value is -2.69. The first kappa shape index (κ1) is 12.1. The first-order valence-corrected chi connectivity index (χ1v) is 6.84. The Morgan fingerprint density at radius 2 is 1.86 bits per heavy atom. The van der Waals surface area contributed by atoms with Crippen LogP contribution >= 0.6 is 0 Å². The number of nitrogens with zero attached hydrogens (tertiary/aromatic N) is 5. The molecule has 0 N–H and O–H groups in total. The van der Waals surface area contributed by atoms with Crippen molar-refractivity contribution in [3.63, 3.8) is 0 Å². The van der Waals surface area contributed by atoms with Gasteiger partial charge in [-0.15, -0.1) is 0 Å². The maximum absolute atomic E-state index is 4.57. The van der Waals surface area contributed by atoms with Gasteiger partial charge in [0.1, 0.15) is 0 Å². The van der Waals surface area contributed by atoms with Crippen LogP contribution in [0.25, 0.3) is 33.2 Å². The fraction of sp³-hybridized carbons (Fsp3) is 0.188. The average Bonchev–Trinajstić information content (AvgIpc) is 3.00. The highest BCUT2D eigenvalue weighted by Crippen LogP contribution is 2.26. The molecule has 0 spiro atoms. The van der Waals surface area contributed by atoms with Crippen molar-refractivity contribution >= 4 is 21.9 Å². The van der Waals surface area contributed by atoms with Crippen LogP contribution in [0.5, 0.6) is 0 Å². The number of pyridine rings is 1. The highest BCUT2D eigenvalue weighted by molar-refractivity contribution is 5.88. The molecule has 0 aliphatic rings. The molecule has 4 rings (SSSR count). The molecule has 0 unspecified atom stereocenters. The zero-order chi connectivity index (χ0) is 14.6. The van der Waals surface area contributed by atoms with Crippen molar-refractivity contribution < 1.29 is 0 Å². The molecule has 0 atom stereocenters. The van der Waals surface area contributed by atoms with E-state index >= 15 is 0 Å². The number of hydrogen-bond acceptors (Lipinski definition) is 3. The molecule has 104 valence electrons. The number of fused-ring (bicyclic) bond motifs is 2. The Labute approximate surface area is 121 Å². The summed E-state index contributed by atoms with van der Waals surface area (Å²) < 4.78 is 3.88. The van der Waals surface area contributed by atoms with Gasteiger partial charge < -0.3 is 4.57 Å². The monoisotopic (exact) mass is 277 g/mol. The van der Waals surface area contributed by atoms with Gasteiger partial charge in [-0.3, -0.25) is 9.67 Å². The lowest BCUT2D eigenvalue weighted by atomic mass is 10.1. The van der Waals surface area contributed by atoms with Crippen LogP contribution in [0, 0.1) is 6.92 Å². The third-order valence-corrected chi connectivity index (χ3v) is 3.94. The van der Waals surface area contributed by atoms with E-state index < -0.39 is 0 Å². The minimum absolute atomic E-state index is 0.936. The molecule has 0 saturated carbocycles. The molecular weight excluding hydrogens is 262 g/mol. The molecule has 3 aromatic heterocycles. The minimum Gasteiger partial charge on any atom is -0.332 e. The smallest absolute Gasteiger partial charge is 0.0956 e. The van der Waals surface area contributed by atoms with Gasteiger partial charge in [-0.2, -0.15) is 5.10 Å². The van der Waals surface area contributed by atoms with Crippen molar-refractivity contribution in [1.29, 1.82) is 0 Å². The summed E-state index contributed by atoms with van der Waals surface area (Å²) in [6, 6.07) is 8.35. The molecule has 5 nitrogen and oxygen atoms in total. The largest absolute Gasteiger partial charge is 0.332 e. The van der Waals surface area contributed by atoms with Crippen LogP contribution < -0.4 is 0 Å².